The monoisotopic (exact) mass is 392 g/mol. The van der Waals surface area contributed by atoms with Crippen LogP contribution in [0.4, 0.5) is 5.13 Å². The lowest BCUT2D eigenvalue weighted by molar-refractivity contribution is -0.162. The van der Waals surface area contributed by atoms with Gasteiger partial charge in [-0.25, -0.2) is 14.8 Å². The maximum Gasteiger partial charge on any atom is 0.375 e. The number of ketones is 1. The fourth-order valence-corrected chi connectivity index (χ4v) is 3.74. The summed E-state index contributed by atoms with van der Waals surface area (Å²) in [6, 6.07) is 2.08. The van der Waals surface area contributed by atoms with Crippen molar-refractivity contribution in [1.29, 1.82) is 5.26 Å². The van der Waals surface area contributed by atoms with Gasteiger partial charge in [-0.15, -0.1) is 11.3 Å². The number of anilines is 1. The summed E-state index contributed by atoms with van der Waals surface area (Å²) < 4.78 is 5.05. The van der Waals surface area contributed by atoms with Crippen molar-refractivity contribution in [3.05, 3.63) is 16.1 Å². The Morgan fingerprint density at radius 3 is 2.73 bits per heavy atom. The van der Waals surface area contributed by atoms with Crippen molar-refractivity contribution in [3.8, 4) is 16.6 Å². The minimum Gasteiger partial charge on any atom is -0.454 e. The fourth-order valence-electron chi connectivity index (χ4n) is 1.99. The van der Waals surface area contributed by atoms with Gasteiger partial charge in [0.25, 0.3) is 0 Å². The Morgan fingerprint density at radius 1 is 1.35 bits per heavy atom. The largest absolute Gasteiger partial charge is 0.454 e. The van der Waals surface area contributed by atoms with Gasteiger partial charge in [-0.2, -0.15) is 5.26 Å². The molecule has 0 fully saturated rings. The van der Waals surface area contributed by atoms with Crippen molar-refractivity contribution >= 4 is 39.6 Å². The molecule has 0 amide bonds. The minimum absolute atomic E-state index is 0.0336. The van der Waals surface area contributed by atoms with Crippen molar-refractivity contribution in [2.75, 3.05) is 11.9 Å². The molecule has 0 aliphatic rings. The van der Waals surface area contributed by atoms with E-state index in [1.165, 1.54) is 22.7 Å². The quantitative estimate of drug-likeness (QED) is 0.569. The third-order valence-corrected chi connectivity index (χ3v) is 5.05. The van der Waals surface area contributed by atoms with Crippen molar-refractivity contribution in [1.82, 2.24) is 9.97 Å². The van der Waals surface area contributed by atoms with E-state index in [9.17, 15) is 9.59 Å². The molecule has 9 heteroatoms. The number of carbonyl (C=O) groups is 2. The maximum atomic E-state index is 11.8. The van der Waals surface area contributed by atoms with E-state index in [1.54, 1.807) is 20.8 Å². The van der Waals surface area contributed by atoms with Gasteiger partial charge in [-0.3, -0.25) is 4.79 Å². The topological polar surface area (TPSA) is 105 Å². The standard InChI is InChI=1S/C17H20N4O3S2/c1-10-14(11-9-25-13(21-11)5-7-18)26-16(20-10)19-8-6-12(22)15(23)24-17(2,3)4/h9H,5-6,8H2,1-4H3,(H,19,20). The minimum atomic E-state index is -0.817. The van der Waals surface area contributed by atoms with E-state index in [0.717, 1.165) is 21.3 Å². The normalized spacial score (nSPS) is 11.0. The van der Waals surface area contributed by atoms with E-state index >= 15 is 0 Å². The second-order valence-corrected chi connectivity index (χ2v) is 8.44. The van der Waals surface area contributed by atoms with E-state index in [2.05, 4.69) is 21.4 Å². The predicted molar refractivity (Wildman–Crippen MR) is 101 cm³/mol. The molecule has 2 rings (SSSR count). The number of thiazole rings is 2. The number of esters is 1. The first-order valence-corrected chi connectivity index (χ1v) is 9.68. The summed E-state index contributed by atoms with van der Waals surface area (Å²) in [7, 11) is 0. The van der Waals surface area contributed by atoms with Crippen LogP contribution in [0, 0.1) is 18.3 Å². The molecule has 2 aromatic heterocycles. The number of hydrogen-bond acceptors (Lipinski definition) is 9. The summed E-state index contributed by atoms with van der Waals surface area (Å²) >= 11 is 2.87. The van der Waals surface area contributed by atoms with E-state index in [-0.39, 0.29) is 6.42 Å². The van der Waals surface area contributed by atoms with Gasteiger partial charge in [-0.1, -0.05) is 11.3 Å². The zero-order chi connectivity index (χ0) is 19.3. The number of carbonyl (C=O) groups excluding carboxylic acids is 2. The van der Waals surface area contributed by atoms with Gasteiger partial charge in [0.2, 0.25) is 5.78 Å². The Hall–Kier alpha value is -2.31. The highest BCUT2D eigenvalue weighted by atomic mass is 32.1. The zero-order valence-corrected chi connectivity index (χ0v) is 16.7. The van der Waals surface area contributed by atoms with Gasteiger partial charge in [-0.05, 0) is 27.7 Å². The Labute approximate surface area is 160 Å². The summed E-state index contributed by atoms with van der Waals surface area (Å²) in [6.45, 7) is 7.33. The Bertz CT molecular complexity index is 843. The Morgan fingerprint density at radius 2 is 2.08 bits per heavy atom. The number of ether oxygens (including phenoxy) is 1. The number of nitrogens with one attached hydrogen (secondary N) is 1. The molecule has 1 N–H and O–H groups in total. The number of aromatic nitrogens is 2. The molecule has 138 valence electrons. The molecular formula is C17H20N4O3S2. The van der Waals surface area contributed by atoms with E-state index in [1.807, 2.05) is 12.3 Å². The van der Waals surface area contributed by atoms with Gasteiger partial charge in [0, 0.05) is 18.3 Å². The molecule has 0 aromatic carbocycles. The van der Waals surface area contributed by atoms with E-state index in [4.69, 9.17) is 10.00 Å². The van der Waals surface area contributed by atoms with Crippen LogP contribution >= 0.6 is 22.7 Å². The van der Waals surface area contributed by atoms with E-state index in [0.29, 0.717) is 18.1 Å². The molecule has 0 saturated heterocycles. The Kier molecular flexibility index (Phi) is 6.45. The third-order valence-electron chi connectivity index (χ3n) is 3.07. The summed E-state index contributed by atoms with van der Waals surface area (Å²) in [6.07, 6.45) is 0.326. The lowest BCUT2D eigenvalue weighted by Gasteiger charge is -2.18. The first-order chi connectivity index (χ1) is 12.2. The van der Waals surface area contributed by atoms with Gasteiger partial charge in [0.15, 0.2) is 5.13 Å². The van der Waals surface area contributed by atoms with Gasteiger partial charge in [0.1, 0.15) is 10.6 Å². The first-order valence-electron chi connectivity index (χ1n) is 7.99. The molecule has 0 aliphatic heterocycles. The summed E-state index contributed by atoms with van der Waals surface area (Å²) in [4.78, 5) is 33.2. The number of nitrogens with zero attached hydrogens (tertiary/aromatic N) is 3. The van der Waals surface area contributed by atoms with Crippen LogP contribution in [0.3, 0.4) is 0 Å². The highest BCUT2D eigenvalue weighted by Gasteiger charge is 2.22. The van der Waals surface area contributed by atoms with Crippen LogP contribution in [-0.4, -0.2) is 33.9 Å². The van der Waals surface area contributed by atoms with Crippen LogP contribution in [0.2, 0.25) is 0 Å². The highest BCUT2D eigenvalue weighted by Crippen LogP contribution is 2.33. The average molecular weight is 393 g/mol. The van der Waals surface area contributed by atoms with Crippen LogP contribution in [-0.2, 0) is 20.7 Å². The molecule has 0 unspecified atom stereocenters. The molecular weight excluding hydrogens is 372 g/mol. The highest BCUT2D eigenvalue weighted by molar-refractivity contribution is 7.19. The summed E-state index contributed by atoms with van der Waals surface area (Å²) in [5.41, 5.74) is 0.942. The molecule has 0 bridgehead atoms. The van der Waals surface area contributed by atoms with Crippen LogP contribution < -0.4 is 5.32 Å². The molecule has 2 aromatic rings. The Balaban J connectivity index is 1.92. The van der Waals surface area contributed by atoms with Crippen LogP contribution in [0.5, 0.6) is 0 Å². The number of rotatable bonds is 7. The van der Waals surface area contributed by atoms with Crippen LogP contribution in [0.15, 0.2) is 5.38 Å². The second kappa shape index (κ2) is 8.38. The summed E-state index contributed by atoms with van der Waals surface area (Å²) in [5, 5.41) is 15.1. The first kappa shape index (κ1) is 20.0. The molecule has 2 heterocycles. The lowest BCUT2D eigenvalue weighted by atomic mass is 10.2. The van der Waals surface area contributed by atoms with Gasteiger partial charge in [0.05, 0.1) is 28.8 Å². The lowest BCUT2D eigenvalue weighted by Crippen LogP contribution is -2.29. The SMILES string of the molecule is Cc1nc(NCCC(=O)C(=O)OC(C)(C)C)sc1-c1csc(CC#N)n1. The number of hydrogen-bond donors (Lipinski definition) is 1. The molecule has 0 aliphatic carbocycles. The molecule has 0 spiro atoms. The van der Waals surface area contributed by atoms with Crippen LogP contribution in [0.1, 0.15) is 37.9 Å². The van der Waals surface area contributed by atoms with Crippen molar-refractivity contribution in [2.24, 2.45) is 0 Å². The molecule has 0 atom stereocenters. The fraction of sp³-hybridized carbons (Fsp3) is 0.471. The van der Waals surface area contributed by atoms with Crippen molar-refractivity contribution in [2.45, 2.75) is 46.1 Å². The van der Waals surface area contributed by atoms with Gasteiger partial charge >= 0.3 is 5.97 Å². The molecule has 0 saturated carbocycles. The van der Waals surface area contributed by atoms with Gasteiger partial charge < -0.3 is 10.1 Å². The molecule has 7 nitrogen and oxygen atoms in total. The van der Waals surface area contributed by atoms with Crippen molar-refractivity contribution < 1.29 is 14.3 Å². The van der Waals surface area contributed by atoms with Crippen molar-refractivity contribution in [3.63, 3.8) is 0 Å². The number of Topliss-reactive ketones (excluding diaryl/α,β-unsaturated/α-hetero) is 1. The third kappa shape index (κ3) is 5.61. The zero-order valence-electron chi connectivity index (χ0n) is 15.1. The second-order valence-electron chi connectivity index (χ2n) is 6.50. The molecule has 26 heavy (non-hydrogen) atoms. The summed E-state index contributed by atoms with van der Waals surface area (Å²) in [5.74, 6) is -1.38. The number of aryl methyl sites for hydroxylation is 1. The van der Waals surface area contributed by atoms with Crippen LogP contribution in [0.25, 0.3) is 10.6 Å². The number of nitriles is 1. The molecule has 0 radical (unpaired) electrons. The van der Waals surface area contributed by atoms with E-state index < -0.39 is 17.4 Å². The predicted octanol–water partition coefficient (Wildman–Crippen LogP) is 3.35. The average Bonchev–Trinajstić information content (AvgIpc) is 3.12. The smallest absolute Gasteiger partial charge is 0.375 e. The maximum absolute atomic E-state index is 11.8.